The van der Waals surface area contributed by atoms with Gasteiger partial charge >= 0.3 is 5.97 Å². The molecule has 5 heteroatoms. The lowest BCUT2D eigenvalue weighted by Gasteiger charge is -2.23. The molecule has 1 aromatic carbocycles. The molecule has 2 fully saturated rings. The van der Waals surface area contributed by atoms with Gasteiger partial charge in [-0.15, -0.1) is 0 Å². The molecule has 3 heterocycles. The number of carbonyl (C=O) groups excluding carboxylic acids is 1. The molecular weight excluding hydrogens is 282 g/mol. The van der Waals surface area contributed by atoms with Gasteiger partial charge in [-0.2, -0.15) is 0 Å². The molecule has 3 aliphatic rings. The fourth-order valence-corrected chi connectivity index (χ4v) is 4.06. The molecule has 3 aliphatic heterocycles. The number of nitrogens with zero attached hydrogens (tertiary/aromatic N) is 1. The monoisotopic (exact) mass is 299 g/mol. The number of carbonyl (C=O) groups is 2. The molecule has 4 rings (SSSR count). The number of rotatable bonds is 3. The van der Waals surface area contributed by atoms with Gasteiger partial charge in [0.2, 0.25) is 5.91 Å². The van der Waals surface area contributed by atoms with Crippen LogP contribution in [0, 0.1) is 11.8 Å². The Hall–Kier alpha value is -2.14. The first-order valence-corrected chi connectivity index (χ1v) is 7.56. The van der Waals surface area contributed by atoms with E-state index in [1.165, 1.54) is 0 Å². The second-order valence-corrected chi connectivity index (χ2v) is 6.14. The Kier molecular flexibility index (Phi) is 2.72. The van der Waals surface area contributed by atoms with Gasteiger partial charge in [0.25, 0.3) is 0 Å². The van der Waals surface area contributed by atoms with Crippen molar-refractivity contribution in [3.63, 3.8) is 0 Å². The van der Waals surface area contributed by atoms with E-state index in [2.05, 4.69) is 0 Å². The van der Waals surface area contributed by atoms with E-state index in [9.17, 15) is 14.7 Å². The van der Waals surface area contributed by atoms with Crippen LogP contribution in [0.1, 0.15) is 12.5 Å². The fourth-order valence-electron chi connectivity index (χ4n) is 4.06. The van der Waals surface area contributed by atoms with E-state index in [-0.39, 0.29) is 5.91 Å². The molecule has 1 spiro atoms. The molecule has 114 valence electrons. The quantitative estimate of drug-likeness (QED) is 0.861. The lowest BCUT2D eigenvalue weighted by molar-refractivity contribution is -0.146. The molecular formula is C17H17NO4. The van der Waals surface area contributed by atoms with E-state index >= 15 is 0 Å². The van der Waals surface area contributed by atoms with Crippen molar-refractivity contribution in [1.82, 2.24) is 0 Å². The summed E-state index contributed by atoms with van der Waals surface area (Å²) >= 11 is 0. The number of ether oxygens (including phenoxy) is 1. The maximum absolute atomic E-state index is 12.9. The second-order valence-electron chi connectivity index (χ2n) is 6.14. The Morgan fingerprint density at radius 3 is 2.95 bits per heavy atom. The van der Waals surface area contributed by atoms with Crippen LogP contribution in [0.3, 0.4) is 0 Å². The molecule has 22 heavy (non-hydrogen) atoms. The summed E-state index contributed by atoms with van der Waals surface area (Å²) < 4.78 is 5.90. The first kappa shape index (κ1) is 13.5. The van der Waals surface area contributed by atoms with Crippen molar-refractivity contribution in [3.05, 3.63) is 42.0 Å². The highest BCUT2D eigenvalue weighted by Crippen LogP contribution is 2.52. The average molecular weight is 299 g/mol. The Bertz CT molecular complexity index is 698. The Balaban J connectivity index is 1.77. The van der Waals surface area contributed by atoms with Crippen LogP contribution < -0.4 is 4.90 Å². The van der Waals surface area contributed by atoms with Gasteiger partial charge < -0.3 is 14.7 Å². The first-order valence-electron chi connectivity index (χ1n) is 7.56. The Labute approximate surface area is 128 Å². The van der Waals surface area contributed by atoms with Gasteiger partial charge in [0.1, 0.15) is 11.5 Å². The highest BCUT2D eigenvalue weighted by molar-refractivity contribution is 6.03. The maximum atomic E-state index is 12.9. The average Bonchev–Trinajstić information content (AvgIpc) is 3.15. The molecule has 4 atom stereocenters. The standard InChI is InChI=1S/C17H17NO4/c1-2-10-5-3-4-6-11(10)18-9-17-8-7-12(22-17)13(16(20)21)14(17)15(18)19/h3-8,12-14H,2,9H2,1H3,(H,20,21)/t12-,13-,14-,17+/m0/s1. The normalized spacial score (nSPS) is 35.2. The maximum Gasteiger partial charge on any atom is 0.310 e. The summed E-state index contributed by atoms with van der Waals surface area (Å²) in [6.45, 7) is 2.44. The van der Waals surface area contributed by atoms with Crippen LogP contribution in [0.15, 0.2) is 36.4 Å². The van der Waals surface area contributed by atoms with E-state index in [4.69, 9.17) is 4.74 Å². The van der Waals surface area contributed by atoms with Gasteiger partial charge in [-0.1, -0.05) is 37.3 Å². The summed E-state index contributed by atoms with van der Waals surface area (Å²) in [5.74, 6) is -2.50. The van der Waals surface area contributed by atoms with Crippen LogP contribution >= 0.6 is 0 Å². The van der Waals surface area contributed by atoms with Crippen LogP contribution in [0.4, 0.5) is 5.69 Å². The molecule has 1 aromatic rings. The minimum atomic E-state index is -0.958. The van der Waals surface area contributed by atoms with Crippen molar-refractivity contribution in [2.45, 2.75) is 25.0 Å². The lowest BCUT2D eigenvalue weighted by Crippen LogP contribution is -2.39. The molecule has 0 unspecified atom stereocenters. The Morgan fingerprint density at radius 1 is 1.45 bits per heavy atom. The van der Waals surface area contributed by atoms with Crippen molar-refractivity contribution in [2.24, 2.45) is 11.8 Å². The van der Waals surface area contributed by atoms with Crippen molar-refractivity contribution in [3.8, 4) is 0 Å². The Morgan fingerprint density at radius 2 is 2.23 bits per heavy atom. The number of para-hydroxylation sites is 1. The molecule has 0 aliphatic carbocycles. The summed E-state index contributed by atoms with van der Waals surface area (Å²) in [6.07, 6.45) is 4.01. The molecule has 1 N–H and O–H groups in total. The van der Waals surface area contributed by atoms with E-state index in [0.29, 0.717) is 6.54 Å². The van der Waals surface area contributed by atoms with Crippen LogP contribution in [0.25, 0.3) is 0 Å². The summed E-state index contributed by atoms with van der Waals surface area (Å²) in [6, 6.07) is 7.76. The lowest BCUT2D eigenvalue weighted by atomic mass is 9.77. The SMILES string of the molecule is CCc1ccccc1N1C[C@@]23C=C[C@H](O2)[C@H](C(=O)O)[C@H]3C1=O. The number of benzene rings is 1. The molecule has 1 amide bonds. The van der Waals surface area contributed by atoms with Gasteiger partial charge in [0, 0.05) is 5.69 Å². The fraction of sp³-hybridized carbons (Fsp3) is 0.412. The highest BCUT2D eigenvalue weighted by Gasteiger charge is 2.67. The van der Waals surface area contributed by atoms with Crippen molar-refractivity contribution < 1.29 is 19.4 Å². The van der Waals surface area contributed by atoms with E-state index < -0.39 is 29.5 Å². The number of aryl methyl sites for hydroxylation is 1. The first-order chi connectivity index (χ1) is 10.6. The summed E-state index contributed by atoms with van der Waals surface area (Å²) in [5, 5.41) is 9.47. The number of aliphatic carboxylic acids is 1. The van der Waals surface area contributed by atoms with Gasteiger partial charge in [0.15, 0.2) is 0 Å². The van der Waals surface area contributed by atoms with Gasteiger partial charge in [0.05, 0.1) is 18.6 Å². The number of carboxylic acid groups (broad SMARTS) is 1. The van der Waals surface area contributed by atoms with Crippen molar-refractivity contribution in [1.29, 1.82) is 0 Å². The van der Waals surface area contributed by atoms with E-state index in [1.54, 1.807) is 11.0 Å². The minimum absolute atomic E-state index is 0.139. The number of hydrogen-bond donors (Lipinski definition) is 1. The van der Waals surface area contributed by atoms with Crippen molar-refractivity contribution >= 4 is 17.6 Å². The molecule has 0 radical (unpaired) electrons. The predicted molar refractivity (Wildman–Crippen MR) is 79.5 cm³/mol. The number of amides is 1. The number of hydrogen-bond acceptors (Lipinski definition) is 3. The third-order valence-electron chi connectivity index (χ3n) is 5.05. The van der Waals surface area contributed by atoms with Gasteiger partial charge in [-0.3, -0.25) is 9.59 Å². The van der Waals surface area contributed by atoms with Gasteiger partial charge in [-0.25, -0.2) is 0 Å². The zero-order valence-electron chi connectivity index (χ0n) is 12.2. The molecule has 0 saturated carbocycles. The summed E-state index contributed by atoms with van der Waals surface area (Å²) in [7, 11) is 0. The molecule has 2 saturated heterocycles. The van der Waals surface area contributed by atoms with Crippen LogP contribution in [-0.4, -0.2) is 35.2 Å². The summed E-state index contributed by atoms with van der Waals surface area (Å²) in [4.78, 5) is 26.2. The molecule has 5 nitrogen and oxygen atoms in total. The topological polar surface area (TPSA) is 66.8 Å². The van der Waals surface area contributed by atoms with Crippen LogP contribution in [-0.2, 0) is 20.7 Å². The van der Waals surface area contributed by atoms with Crippen LogP contribution in [0.5, 0.6) is 0 Å². The highest BCUT2D eigenvalue weighted by atomic mass is 16.5. The van der Waals surface area contributed by atoms with E-state index in [0.717, 1.165) is 17.7 Å². The zero-order chi connectivity index (χ0) is 15.5. The smallest absolute Gasteiger partial charge is 0.310 e. The largest absolute Gasteiger partial charge is 0.481 e. The summed E-state index contributed by atoms with van der Waals surface area (Å²) in [5.41, 5.74) is 1.17. The number of fused-ring (bicyclic) bond motifs is 1. The zero-order valence-corrected chi connectivity index (χ0v) is 12.2. The minimum Gasteiger partial charge on any atom is -0.481 e. The molecule has 2 bridgehead atoms. The predicted octanol–water partition coefficient (Wildman–Crippen LogP) is 1.62. The van der Waals surface area contributed by atoms with E-state index in [1.807, 2.05) is 37.3 Å². The second kappa shape index (κ2) is 4.43. The molecule has 0 aromatic heterocycles. The van der Waals surface area contributed by atoms with Crippen LogP contribution in [0.2, 0.25) is 0 Å². The number of carboxylic acids is 1. The third-order valence-corrected chi connectivity index (χ3v) is 5.05. The third kappa shape index (κ3) is 1.57. The van der Waals surface area contributed by atoms with Crippen molar-refractivity contribution in [2.75, 3.05) is 11.4 Å². The van der Waals surface area contributed by atoms with Gasteiger partial charge in [-0.05, 0) is 18.1 Å². The number of anilines is 1.